The Morgan fingerprint density at radius 2 is 1.94 bits per heavy atom. The lowest BCUT2D eigenvalue weighted by atomic mass is 10.0. The van der Waals surface area contributed by atoms with Gasteiger partial charge in [-0.1, -0.05) is 18.2 Å². The average molecular weight is 460 g/mol. The van der Waals surface area contributed by atoms with Gasteiger partial charge in [0.05, 0.1) is 19.1 Å². The van der Waals surface area contributed by atoms with Crippen molar-refractivity contribution in [3.05, 3.63) is 76.0 Å². The topological polar surface area (TPSA) is 117 Å². The number of oxazole rings is 1. The van der Waals surface area contributed by atoms with Crippen LogP contribution in [0.3, 0.4) is 0 Å². The first-order chi connectivity index (χ1) is 14.9. The van der Waals surface area contributed by atoms with Crippen molar-refractivity contribution in [3.63, 3.8) is 0 Å². The fraction of sp³-hybridized carbons (Fsp3) is 0.238. The summed E-state index contributed by atoms with van der Waals surface area (Å²) in [7, 11) is -2.06. The molecule has 0 aliphatic heterocycles. The fourth-order valence-corrected chi connectivity index (χ4v) is 5.03. The number of pyridine rings is 1. The molecule has 0 aliphatic rings. The largest absolute Gasteiger partial charge is 0.496 e. The Hall–Kier alpha value is -2.95. The lowest BCUT2D eigenvalue weighted by molar-refractivity contribution is 0.409. The van der Waals surface area contributed by atoms with E-state index in [1.54, 1.807) is 30.0 Å². The predicted molar refractivity (Wildman–Crippen MR) is 119 cm³/mol. The van der Waals surface area contributed by atoms with Gasteiger partial charge in [0, 0.05) is 11.8 Å². The lowest BCUT2D eigenvalue weighted by Crippen LogP contribution is -2.23. The van der Waals surface area contributed by atoms with Crippen LogP contribution < -0.4 is 15.4 Å². The van der Waals surface area contributed by atoms with Crippen LogP contribution in [0.4, 0.5) is 0 Å². The minimum atomic E-state index is -3.69. The number of methoxy groups -OCH3 is 1. The first-order valence-corrected chi connectivity index (χ1v) is 12.1. The van der Waals surface area contributed by atoms with E-state index in [0.717, 1.165) is 21.7 Å². The van der Waals surface area contributed by atoms with Gasteiger partial charge in [0.2, 0.25) is 15.9 Å². The number of benzene rings is 1. The van der Waals surface area contributed by atoms with E-state index in [2.05, 4.69) is 4.98 Å². The van der Waals surface area contributed by atoms with Crippen molar-refractivity contribution in [1.29, 1.82) is 0 Å². The number of ether oxygens (including phenoxy) is 1. The average Bonchev–Trinajstić information content (AvgIpc) is 3.42. The number of aromatic nitrogens is 2. The molecular weight excluding hydrogens is 438 g/mol. The minimum Gasteiger partial charge on any atom is -0.496 e. The van der Waals surface area contributed by atoms with Gasteiger partial charge < -0.3 is 9.15 Å². The van der Waals surface area contributed by atoms with Crippen LogP contribution in [0.1, 0.15) is 16.7 Å². The molecule has 162 valence electrons. The molecule has 0 saturated carbocycles. The van der Waals surface area contributed by atoms with E-state index in [1.165, 1.54) is 17.6 Å². The minimum absolute atomic E-state index is 0.0481. The van der Waals surface area contributed by atoms with Crippen molar-refractivity contribution in [1.82, 2.24) is 9.38 Å². The third-order valence-corrected chi connectivity index (χ3v) is 6.87. The molecule has 4 aromatic rings. The van der Waals surface area contributed by atoms with Crippen LogP contribution in [0.5, 0.6) is 5.75 Å². The Labute approximate surface area is 183 Å². The maximum Gasteiger partial charge on any atom is 0.259 e. The molecule has 0 bridgehead atoms. The zero-order valence-electron chi connectivity index (χ0n) is 16.8. The molecule has 0 atom stereocenters. The van der Waals surface area contributed by atoms with Crippen LogP contribution in [0.25, 0.3) is 15.6 Å². The number of primary sulfonamides is 1. The molecule has 0 aliphatic carbocycles. The standard InChI is InChI=1S/C21H21N3O5S2/c1-28-17-5-3-2-4-14(17)6-7-16-12-15(8-11-31(22,26)27)20(25)24-13-18(30-21(16)24)19-23-9-10-29-19/h2-5,9-10,12-13H,6-8,11H2,1H3,(H2,22,26,27). The molecule has 0 saturated heterocycles. The second-order valence-electron chi connectivity index (χ2n) is 7.04. The summed E-state index contributed by atoms with van der Waals surface area (Å²) >= 11 is 1.41. The Balaban J connectivity index is 1.77. The Kier molecular flexibility index (Phi) is 5.94. The number of sulfonamides is 1. The van der Waals surface area contributed by atoms with E-state index >= 15 is 0 Å². The van der Waals surface area contributed by atoms with Gasteiger partial charge in [0.1, 0.15) is 21.7 Å². The smallest absolute Gasteiger partial charge is 0.259 e. The molecule has 2 N–H and O–H groups in total. The summed E-state index contributed by atoms with van der Waals surface area (Å²) in [6, 6.07) is 9.56. The van der Waals surface area contributed by atoms with Gasteiger partial charge in [0.25, 0.3) is 5.56 Å². The molecule has 1 aromatic carbocycles. The number of fused-ring (bicyclic) bond motifs is 1. The number of nitrogens with zero attached hydrogens (tertiary/aromatic N) is 2. The normalized spacial score (nSPS) is 11.8. The van der Waals surface area contributed by atoms with Gasteiger partial charge in [-0.25, -0.2) is 18.5 Å². The molecular formula is C21H21N3O5S2. The van der Waals surface area contributed by atoms with Crippen molar-refractivity contribution in [2.24, 2.45) is 5.14 Å². The van der Waals surface area contributed by atoms with Gasteiger partial charge in [-0.2, -0.15) is 0 Å². The van der Waals surface area contributed by atoms with Gasteiger partial charge in [-0.3, -0.25) is 9.20 Å². The maximum atomic E-state index is 13.0. The first kappa shape index (κ1) is 21.3. The predicted octanol–water partition coefficient (Wildman–Crippen LogP) is 2.64. The molecule has 0 radical (unpaired) electrons. The van der Waals surface area contributed by atoms with E-state index in [9.17, 15) is 13.2 Å². The van der Waals surface area contributed by atoms with Crippen molar-refractivity contribution in [3.8, 4) is 16.5 Å². The van der Waals surface area contributed by atoms with Crippen molar-refractivity contribution >= 4 is 26.2 Å². The molecule has 31 heavy (non-hydrogen) atoms. The summed E-state index contributed by atoms with van der Waals surface area (Å²) in [5.41, 5.74) is 2.11. The molecule has 3 heterocycles. The van der Waals surface area contributed by atoms with E-state index in [1.807, 2.05) is 24.3 Å². The summed E-state index contributed by atoms with van der Waals surface area (Å²) in [4.78, 5) is 18.7. The van der Waals surface area contributed by atoms with Crippen molar-refractivity contribution in [2.45, 2.75) is 19.3 Å². The van der Waals surface area contributed by atoms with E-state index in [4.69, 9.17) is 14.3 Å². The number of para-hydroxylation sites is 1. The van der Waals surface area contributed by atoms with Crippen molar-refractivity contribution in [2.75, 3.05) is 12.9 Å². The molecule has 0 amide bonds. The van der Waals surface area contributed by atoms with Crippen molar-refractivity contribution < 1.29 is 17.6 Å². The van der Waals surface area contributed by atoms with Crippen LogP contribution in [0.2, 0.25) is 0 Å². The van der Waals surface area contributed by atoms with Gasteiger partial charge in [-0.15, -0.1) is 11.3 Å². The highest BCUT2D eigenvalue weighted by atomic mass is 32.2. The summed E-state index contributed by atoms with van der Waals surface area (Å²) in [6.07, 6.45) is 6.08. The van der Waals surface area contributed by atoms with Gasteiger partial charge in [-0.05, 0) is 42.5 Å². The Bertz CT molecular complexity index is 1370. The third kappa shape index (κ3) is 4.71. The zero-order chi connectivity index (χ0) is 22.0. The highest BCUT2D eigenvalue weighted by molar-refractivity contribution is 7.89. The number of rotatable bonds is 8. The van der Waals surface area contributed by atoms with E-state index in [0.29, 0.717) is 29.2 Å². The second-order valence-corrected chi connectivity index (χ2v) is 9.80. The van der Waals surface area contributed by atoms with Crippen LogP contribution in [-0.2, 0) is 29.3 Å². The monoisotopic (exact) mass is 459 g/mol. The number of hydrogen-bond acceptors (Lipinski definition) is 7. The highest BCUT2D eigenvalue weighted by Crippen LogP contribution is 2.30. The second kappa shape index (κ2) is 8.66. The summed E-state index contributed by atoms with van der Waals surface area (Å²) in [6.45, 7) is 0. The third-order valence-electron chi connectivity index (χ3n) is 4.94. The van der Waals surface area contributed by atoms with Gasteiger partial charge in [0.15, 0.2) is 0 Å². The first-order valence-electron chi connectivity index (χ1n) is 9.55. The Morgan fingerprint density at radius 1 is 1.16 bits per heavy atom. The van der Waals surface area contributed by atoms with Crippen LogP contribution in [0, 0.1) is 0 Å². The number of aryl methyl sites for hydroxylation is 3. The summed E-state index contributed by atoms with van der Waals surface area (Å²) in [5.74, 6) is 0.930. The molecule has 0 fully saturated rings. The molecule has 0 unspecified atom stereocenters. The highest BCUT2D eigenvalue weighted by Gasteiger charge is 2.17. The Morgan fingerprint density at radius 3 is 2.65 bits per heavy atom. The number of hydrogen-bond donors (Lipinski definition) is 1. The number of thiazole rings is 1. The summed E-state index contributed by atoms with van der Waals surface area (Å²) in [5, 5.41) is 5.15. The lowest BCUT2D eigenvalue weighted by Gasteiger charge is -2.10. The molecule has 4 rings (SSSR count). The molecule has 3 aromatic heterocycles. The molecule has 10 heteroatoms. The SMILES string of the molecule is COc1ccccc1CCc1cc(CCS(N)(=O)=O)c(=O)n2cc(-c3ncco3)sc12. The summed E-state index contributed by atoms with van der Waals surface area (Å²) < 4.78 is 35.2. The zero-order valence-corrected chi connectivity index (χ0v) is 18.4. The number of nitrogens with two attached hydrogens (primary N) is 1. The molecule has 0 spiro atoms. The molecule has 8 nitrogen and oxygen atoms in total. The van der Waals surface area contributed by atoms with Crippen LogP contribution in [0.15, 0.2) is 58.2 Å². The van der Waals surface area contributed by atoms with E-state index in [-0.39, 0.29) is 17.7 Å². The van der Waals surface area contributed by atoms with Crippen LogP contribution >= 0.6 is 11.3 Å². The maximum absolute atomic E-state index is 13.0. The fourth-order valence-electron chi connectivity index (χ4n) is 3.45. The van der Waals surface area contributed by atoms with E-state index < -0.39 is 10.0 Å². The van der Waals surface area contributed by atoms with Gasteiger partial charge >= 0.3 is 0 Å². The quantitative estimate of drug-likeness (QED) is 0.433. The van der Waals surface area contributed by atoms with Crippen LogP contribution in [-0.4, -0.2) is 30.7 Å².